The molecule has 0 heterocycles. The highest BCUT2D eigenvalue weighted by Gasteiger charge is 1.97. The van der Waals surface area contributed by atoms with Gasteiger partial charge in [0.1, 0.15) is 0 Å². The quantitative estimate of drug-likeness (QED) is 0.196. The minimum atomic E-state index is -0.537. The Kier molecular flexibility index (Phi) is 4.99. The van der Waals surface area contributed by atoms with Crippen LogP contribution in [0.3, 0.4) is 0 Å². The Balaban J connectivity index is 2.72. The van der Waals surface area contributed by atoms with Crippen molar-refractivity contribution in [3.05, 3.63) is 0 Å². The predicted molar refractivity (Wildman–Crippen MR) is 30.4 cm³/mol. The van der Waals surface area contributed by atoms with Crippen molar-refractivity contribution < 1.29 is 15.2 Å². The first-order valence-electron chi connectivity index (χ1n) is 2.45. The van der Waals surface area contributed by atoms with Gasteiger partial charge < -0.3 is 10.3 Å². The van der Waals surface area contributed by atoms with Crippen LogP contribution in [0.4, 0.5) is 0 Å². The molecule has 0 aliphatic carbocycles. The largest absolute Gasteiger partial charge is 0.437 e. The van der Waals surface area contributed by atoms with Gasteiger partial charge in [0.25, 0.3) is 0 Å². The van der Waals surface area contributed by atoms with Crippen molar-refractivity contribution in [1.82, 2.24) is 5.23 Å². The van der Waals surface area contributed by atoms with Gasteiger partial charge in [-0.3, -0.25) is 5.26 Å². The topological polar surface area (TPSA) is 61.7 Å². The summed E-state index contributed by atoms with van der Waals surface area (Å²) in [6, 6.07) is 0. The van der Waals surface area contributed by atoms with Gasteiger partial charge in [0.2, 0.25) is 0 Å². The Hall–Kier alpha value is -0.0951. The van der Waals surface area contributed by atoms with E-state index in [1.165, 1.54) is 0 Å². The molecule has 0 aromatic heterocycles. The molecule has 0 aromatic carbocycles. The smallest absolute Gasteiger partial charge is 0.373 e. The maximum atomic E-state index is 8.53. The van der Waals surface area contributed by atoms with Gasteiger partial charge in [-0.05, 0) is 6.82 Å². The Labute approximate surface area is 48.5 Å². The number of rotatable bonds is 4. The van der Waals surface area contributed by atoms with E-state index in [9.17, 15) is 0 Å². The van der Waals surface area contributed by atoms with E-state index in [1.807, 2.05) is 0 Å². The first-order chi connectivity index (χ1) is 3.77. The molecule has 0 unspecified atom stereocenters. The second-order valence-electron chi connectivity index (χ2n) is 1.46. The van der Waals surface area contributed by atoms with Crippen molar-refractivity contribution in [3.8, 4) is 0 Å². The van der Waals surface area contributed by atoms with E-state index in [0.717, 1.165) is 0 Å². The lowest BCUT2D eigenvalue weighted by Gasteiger charge is -1.99. The Morgan fingerprint density at radius 1 is 1.75 bits per heavy atom. The van der Waals surface area contributed by atoms with Gasteiger partial charge in [-0.1, -0.05) is 0 Å². The Morgan fingerprint density at radius 3 is 2.75 bits per heavy atom. The fourth-order valence-corrected chi connectivity index (χ4v) is 0.313. The summed E-state index contributed by atoms with van der Waals surface area (Å²) in [5.41, 5.74) is 0. The zero-order valence-corrected chi connectivity index (χ0v) is 4.79. The molecular formula is C3H10BNO3. The average Bonchev–Trinajstić information content (AvgIpc) is 1.66. The van der Waals surface area contributed by atoms with E-state index in [-0.39, 0.29) is 6.61 Å². The van der Waals surface area contributed by atoms with Gasteiger partial charge in [0.05, 0.1) is 6.61 Å². The highest BCUT2D eigenvalue weighted by molar-refractivity contribution is 6.45. The minimum Gasteiger partial charge on any atom is -0.437 e. The zero-order chi connectivity index (χ0) is 6.41. The van der Waals surface area contributed by atoms with E-state index in [0.29, 0.717) is 6.54 Å². The van der Waals surface area contributed by atoms with Crippen LogP contribution in [-0.2, 0) is 4.89 Å². The van der Waals surface area contributed by atoms with Crippen LogP contribution >= 0.6 is 0 Å². The van der Waals surface area contributed by atoms with Crippen molar-refractivity contribution in [2.24, 2.45) is 0 Å². The number of hydrogen-bond acceptors (Lipinski definition) is 4. The fourth-order valence-electron chi connectivity index (χ4n) is 0.313. The SMILES string of the molecule is CB(O)NCCOO. The van der Waals surface area contributed by atoms with Gasteiger partial charge in [-0.2, -0.15) is 0 Å². The molecule has 5 heteroatoms. The molecule has 4 nitrogen and oxygen atoms in total. The molecule has 0 spiro atoms. The van der Waals surface area contributed by atoms with Crippen molar-refractivity contribution in [2.45, 2.75) is 6.82 Å². The molecule has 0 amide bonds. The standard InChI is InChI=1S/C3H10BNO3/c1-4(6)5-2-3-8-7/h5-7H,2-3H2,1H3. The van der Waals surface area contributed by atoms with Gasteiger partial charge in [0.15, 0.2) is 0 Å². The van der Waals surface area contributed by atoms with E-state index in [1.54, 1.807) is 6.82 Å². The molecule has 0 aliphatic heterocycles. The molecule has 0 saturated heterocycles. The first kappa shape index (κ1) is 7.90. The summed E-state index contributed by atoms with van der Waals surface area (Å²) in [4.78, 5) is 3.72. The van der Waals surface area contributed by atoms with Gasteiger partial charge >= 0.3 is 7.05 Å². The van der Waals surface area contributed by atoms with Gasteiger partial charge in [0, 0.05) is 6.54 Å². The van der Waals surface area contributed by atoms with E-state index in [4.69, 9.17) is 10.3 Å². The third kappa shape index (κ3) is 5.90. The Bertz CT molecular complexity index is 51.8. The molecule has 0 fully saturated rings. The molecular weight excluding hydrogens is 109 g/mol. The lowest BCUT2D eigenvalue weighted by atomic mass is 9.89. The molecule has 0 atom stereocenters. The molecule has 8 heavy (non-hydrogen) atoms. The number of nitrogens with one attached hydrogen (secondary N) is 1. The normalized spacial score (nSPS) is 9.38. The average molecular weight is 119 g/mol. The molecule has 0 aromatic rings. The highest BCUT2D eigenvalue weighted by Crippen LogP contribution is 1.66. The fraction of sp³-hybridized carbons (Fsp3) is 1.00. The molecule has 3 N–H and O–H groups in total. The van der Waals surface area contributed by atoms with Crippen LogP contribution in [0.1, 0.15) is 0 Å². The van der Waals surface area contributed by atoms with Crippen LogP contribution in [0, 0.1) is 0 Å². The van der Waals surface area contributed by atoms with Crippen molar-refractivity contribution >= 4 is 7.05 Å². The van der Waals surface area contributed by atoms with Crippen LogP contribution < -0.4 is 5.23 Å². The lowest BCUT2D eigenvalue weighted by molar-refractivity contribution is -0.240. The molecule has 0 radical (unpaired) electrons. The maximum absolute atomic E-state index is 8.53. The monoisotopic (exact) mass is 119 g/mol. The van der Waals surface area contributed by atoms with Crippen LogP contribution in [0.2, 0.25) is 6.82 Å². The second kappa shape index (κ2) is 5.05. The summed E-state index contributed by atoms with van der Waals surface area (Å²) in [5, 5.41) is 18.9. The summed E-state index contributed by atoms with van der Waals surface area (Å²) in [6.07, 6.45) is 0. The summed E-state index contributed by atoms with van der Waals surface area (Å²) >= 11 is 0. The summed E-state index contributed by atoms with van der Waals surface area (Å²) in [7, 11) is -0.537. The van der Waals surface area contributed by atoms with Gasteiger partial charge in [-0.15, -0.1) is 0 Å². The summed E-state index contributed by atoms with van der Waals surface area (Å²) in [6.45, 7) is 2.25. The van der Waals surface area contributed by atoms with E-state index < -0.39 is 7.05 Å². The zero-order valence-electron chi connectivity index (χ0n) is 4.79. The van der Waals surface area contributed by atoms with Crippen LogP contribution in [0.5, 0.6) is 0 Å². The van der Waals surface area contributed by atoms with Crippen LogP contribution in [0.15, 0.2) is 0 Å². The Morgan fingerprint density at radius 2 is 2.38 bits per heavy atom. The summed E-state index contributed by atoms with van der Waals surface area (Å²) in [5.74, 6) is 0. The van der Waals surface area contributed by atoms with E-state index in [2.05, 4.69) is 10.1 Å². The molecule has 0 saturated carbocycles. The van der Waals surface area contributed by atoms with Gasteiger partial charge in [-0.25, -0.2) is 4.89 Å². The lowest BCUT2D eigenvalue weighted by Crippen LogP contribution is -2.33. The third-order valence-corrected chi connectivity index (χ3v) is 0.633. The summed E-state index contributed by atoms with van der Waals surface area (Å²) < 4.78 is 0. The number of hydrogen-bond donors (Lipinski definition) is 3. The molecule has 48 valence electrons. The molecule has 0 rings (SSSR count). The second-order valence-corrected chi connectivity index (χ2v) is 1.46. The predicted octanol–water partition coefficient (Wildman–Crippen LogP) is -0.824. The van der Waals surface area contributed by atoms with E-state index >= 15 is 0 Å². The minimum absolute atomic E-state index is 0.199. The molecule has 0 bridgehead atoms. The van der Waals surface area contributed by atoms with Crippen LogP contribution in [0.25, 0.3) is 0 Å². The first-order valence-corrected chi connectivity index (χ1v) is 2.45. The molecule has 0 aliphatic rings. The van der Waals surface area contributed by atoms with Crippen molar-refractivity contribution in [3.63, 3.8) is 0 Å². The van der Waals surface area contributed by atoms with Crippen molar-refractivity contribution in [2.75, 3.05) is 13.2 Å². The maximum Gasteiger partial charge on any atom is 0.373 e. The van der Waals surface area contributed by atoms with Crippen molar-refractivity contribution in [1.29, 1.82) is 0 Å². The highest BCUT2D eigenvalue weighted by atomic mass is 17.1. The third-order valence-electron chi connectivity index (χ3n) is 0.633. The van der Waals surface area contributed by atoms with Crippen LogP contribution in [-0.4, -0.2) is 30.5 Å².